The number of para-hydroxylation sites is 1. The molecule has 4 nitrogen and oxygen atoms in total. The van der Waals surface area contributed by atoms with Crippen molar-refractivity contribution in [1.29, 1.82) is 0 Å². The third-order valence-corrected chi connectivity index (χ3v) is 5.12. The zero-order chi connectivity index (χ0) is 14.8. The van der Waals surface area contributed by atoms with Gasteiger partial charge < -0.3 is 5.73 Å². The molecule has 2 aromatic rings. The van der Waals surface area contributed by atoms with Crippen LogP contribution in [0.25, 0.3) is 0 Å². The molecule has 0 amide bonds. The Morgan fingerprint density at radius 2 is 1.80 bits per heavy atom. The SMILES string of the molecule is CCN(c1ccccc1)S(=O)(=O)c1ccc(N)c(Cl)c1. The fourth-order valence-electron chi connectivity index (χ4n) is 1.88. The van der Waals surface area contributed by atoms with Gasteiger partial charge in [-0.15, -0.1) is 0 Å². The Kier molecular flexibility index (Phi) is 4.20. The molecule has 0 heterocycles. The highest BCUT2D eigenvalue weighted by Crippen LogP contribution is 2.27. The molecule has 2 rings (SSSR count). The first kappa shape index (κ1) is 14.7. The van der Waals surface area contributed by atoms with E-state index >= 15 is 0 Å². The number of rotatable bonds is 4. The van der Waals surface area contributed by atoms with Crippen LogP contribution in [-0.2, 0) is 10.0 Å². The van der Waals surface area contributed by atoms with Gasteiger partial charge in [0.15, 0.2) is 0 Å². The zero-order valence-corrected chi connectivity index (χ0v) is 12.5. The van der Waals surface area contributed by atoms with Gasteiger partial charge in [-0.2, -0.15) is 0 Å². The fraction of sp³-hybridized carbons (Fsp3) is 0.143. The molecule has 2 N–H and O–H groups in total. The molecule has 0 atom stereocenters. The summed E-state index contributed by atoms with van der Waals surface area (Å²) in [4.78, 5) is 0.127. The Balaban J connectivity index is 2.50. The van der Waals surface area contributed by atoms with Crippen LogP contribution in [0.1, 0.15) is 6.92 Å². The summed E-state index contributed by atoms with van der Waals surface area (Å²) >= 11 is 5.91. The highest BCUT2D eigenvalue weighted by atomic mass is 35.5. The van der Waals surface area contributed by atoms with E-state index < -0.39 is 10.0 Å². The second-order valence-electron chi connectivity index (χ2n) is 4.19. The van der Waals surface area contributed by atoms with Gasteiger partial charge in [-0.3, -0.25) is 4.31 Å². The maximum absolute atomic E-state index is 12.7. The van der Waals surface area contributed by atoms with Gasteiger partial charge in [0.2, 0.25) is 0 Å². The predicted octanol–water partition coefficient (Wildman–Crippen LogP) is 3.14. The van der Waals surface area contributed by atoms with E-state index in [9.17, 15) is 8.42 Å². The van der Waals surface area contributed by atoms with Crippen molar-refractivity contribution >= 4 is 33.0 Å². The average Bonchev–Trinajstić information content (AvgIpc) is 2.43. The average molecular weight is 311 g/mol. The highest BCUT2D eigenvalue weighted by molar-refractivity contribution is 7.92. The van der Waals surface area contributed by atoms with E-state index in [1.807, 2.05) is 6.07 Å². The van der Waals surface area contributed by atoms with Crippen molar-refractivity contribution in [3.63, 3.8) is 0 Å². The van der Waals surface area contributed by atoms with Crippen molar-refractivity contribution in [2.24, 2.45) is 0 Å². The van der Waals surface area contributed by atoms with Crippen LogP contribution < -0.4 is 10.0 Å². The zero-order valence-electron chi connectivity index (χ0n) is 11.0. The number of benzene rings is 2. The Morgan fingerprint density at radius 3 is 2.35 bits per heavy atom. The van der Waals surface area contributed by atoms with Crippen molar-refractivity contribution in [1.82, 2.24) is 0 Å². The second-order valence-corrected chi connectivity index (χ2v) is 6.46. The number of sulfonamides is 1. The molecule has 0 unspecified atom stereocenters. The molecule has 0 aliphatic rings. The van der Waals surface area contributed by atoms with Crippen LogP contribution in [0.15, 0.2) is 53.4 Å². The Bertz CT molecular complexity index is 702. The first-order chi connectivity index (χ1) is 9.46. The summed E-state index contributed by atoms with van der Waals surface area (Å²) in [7, 11) is -3.65. The van der Waals surface area contributed by atoms with Crippen LogP contribution in [0.4, 0.5) is 11.4 Å². The monoisotopic (exact) mass is 310 g/mol. The van der Waals surface area contributed by atoms with Crippen LogP contribution >= 0.6 is 11.6 Å². The van der Waals surface area contributed by atoms with Gasteiger partial charge in [0.05, 0.1) is 21.3 Å². The van der Waals surface area contributed by atoms with Gasteiger partial charge in [-0.25, -0.2) is 8.42 Å². The third-order valence-electron chi connectivity index (χ3n) is 2.89. The van der Waals surface area contributed by atoms with E-state index in [0.717, 1.165) is 0 Å². The van der Waals surface area contributed by atoms with Gasteiger partial charge >= 0.3 is 0 Å². The minimum atomic E-state index is -3.65. The van der Waals surface area contributed by atoms with E-state index in [1.54, 1.807) is 31.2 Å². The molecule has 0 saturated carbocycles. The summed E-state index contributed by atoms with van der Waals surface area (Å²) in [5, 5.41) is 0.232. The first-order valence-electron chi connectivity index (χ1n) is 6.09. The van der Waals surface area contributed by atoms with Crippen LogP contribution in [-0.4, -0.2) is 15.0 Å². The van der Waals surface area contributed by atoms with Crippen LogP contribution in [0.5, 0.6) is 0 Å². The van der Waals surface area contributed by atoms with E-state index in [4.69, 9.17) is 17.3 Å². The molecule has 0 radical (unpaired) electrons. The molecule has 0 aliphatic carbocycles. The normalized spacial score (nSPS) is 11.3. The van der Waals surface area contributed by atoms with Crippen molar-refractivity contribution in [3.8, 4) is 0 Å². The standard InChI is InChI=1S/C14H15ClN2O2S/c1-2-17(11-6-4-3-5-7-11)20(18,19)12-8-9-14(16)13(15)10-12/h3-10H,2,16H2,1H3. The molecule has 2 aromatic carbocycles. The van der Waals surface area contributed by atoms with Gasteiger partial charge in [0, 0.05) is 6.54 Å². The minimum absolute atomic E-state index is 0.127. The third kappa shape index (κ3) is 2.73. The van der Waals surface area contributed by atoms with Crippen molar-refractivity contribution in [2.75, 3.05) is 16.6 Å². The van der Waals surface area contributed by atoms with E-state index in [2.05, 4.69) is 0 Å². The summed E-state index contributed by atoms with van der Waals surface area (Å²) in [6, 6.07) is 13.3. The summed E-state index contributed by atoms with van der Waals surface area (Å²) in [5.41, 5.74) is 6.58. The number of halogens is 1. The molecule has 0 aromatic heterocycles. The first-order valence-corrected chi connectivity index (χ1v) is 7.91. The molecule has 0 fully saturated rings. The quantitative estimate of drug-likeness (QED) is 0.882. The van der Waals surface area contributed by atoms with Crippen molar-refractivity contribution < 1.29 is 8.42 Å². The maximum atomic E-state index is 12.7. The Labute approximate surface area is 123 Å². The molecule has 20 heavy (non-hydrogen) atoms. The van der Waals surface area contributed by atoms with Gasteiger partial charge in [0.1, 0.15) is 0 Å². The smallest absolute Gasteiger partial charge is 0.264 e. The topological polar surface area (TPSA) is 63.4 Å². The lowest BCUT2D eigenvalue weighted by Gasteiger charge is -2.23. The minimum Gasteiger partial charge on any atom is -0.398 e. The molecule has 0 saturated heterocycles. The number of nitrogens with two attached hydrogens (primary N) is 1. The summed E-state index contributed by atoms with van der Waals surface area (Å²) < 4.78 is 26.6. The summed E-state index contributed by atoms with van der Waals surface area (Å²) in [6.07, 6.45) is 0. The van der Waals surface area contributed by atoms with E-state index in [-0.39, 0.29) is 9.92 Å². The number of nitrogen functional groups attached to an aromatic ring is 1. The maximum Gasteiger partial charge on any atom is 0.264 e. The van der Waals surface area contributed by atoms with Crippen LogP contribution in [0, 0.1) is 0 Å². The molecule has 6 heteroatoms. The highest BCUT2D eigenvalue weighted by Gasteiger charge is 2.23. The Morgan fingerprint density at radius 1 is 1.15 bits per heavy atom. The van der Waals surface area contributed by atoms with Gasteiger partial charge in [0.25, 0.3) is 10.0 Å². The van der Waals surface area contributed by atoms with Gasteiger partial charge in [-0.05, 0) is 37.3 Å². The fourth-order valence-corrected chi connectivity index (χ4v) is 3.63. The van der Waals surface area contributed by atoms with Crippen molar-refractivity contribution in [3.05, 3.63) is 53.6 Å². The summed E-state index contributed by atoms with van der Waals surface area (Å²) in [6.45, 7) is 2.11. The molecular weight excluding hydrogens is 296 g/mol. The lowest BCUT2D eigenvalue weighted by atomic mass is 10.3. The Hall–Kier alpha value is -1.72. The predicted molar refractivity (Wildman–Crippen MR) is 82.5 cm³/mol. The molecule has 0 spiro atoms. The number of hydrogen-bond acceptors (Lipinski definition) is 3. The summed E-state index contributed by atoms with van der Waals surface area (Å²) in [5.74, 6) is 0. The lowest BCUT2D eigenvalue weighted by molar-refractivity contribution is 0.592. The largest absolute Gasteiger partial charge is 0.398 e. The van der Waals surface area contributed by atoms with Crippen LogP contribution in [0.2, 0.25) is 5.02 Å². The number of anilines is 2. The lowest BCUT2D eigenvalue weighted by Crippen LogP contribution is -2.30. The number of nitrogens with zero attached hydrogens (tertiary/aromatic N) is 1. The second kappa shape index (κ2) is 5.73. The van der Waals surface area contributed by atoms with E-state index in [1.165, 1.54) is 22.5 Å². The molecule has 0 aliphatic heterocycles. The van der Waals surface area contributed by atoms with E-state index in [0.29, 0.717) is 17.9 Å². The molecule has 0 bridgehead atoms. The molecular formula is C14H15ClN2O2S. The van der Waals surface area contributed by atoms with Crippen LogP contribution in [0.3, 0.4) is 0 Å². The number of hydrogen-bond donors (Lipinski definition) is 1. The van der Waals surface area contributed by atoms with Gasteiger partial charge in [-0.1, -0.05) is 29.8 Å². The van der Waals surface area contributed by atoms with Crippen molar-refractivity contribution in [2.45, 2.75) is 11.8 Å². The molecule has 106 valence electrons.